The Balaban J connectivity index is 3.17. The van der Waals surface area contributed by atoms with E-state index in [9.17, 15) is 5.11 Å². The van der Waals surface area contributed by atoms with E-state index >= 15 is 0 Å². The molecular formula is C8H8Cl2O. The minimum absolute atomic E-state index is 0.434. The third-order valence-corrected chi connectivity index (χ3v) is 2.27. The number of aliphatic hydroxyl groups excluding tert-OH is 1. The number of hydrogen-bond donors (Lipinski definition) is 1. The molecule has 3 heteroatoms. The minimum Gasteiger partial charge on any atom is -0.389 e. The third-order valence-electron chi connectivity index (χ3n) is 1.43. The maximum Gasteiger partial charge on any atom is 0.0776 e. The summed E-state index contributed by atoms with van der Waals surface area (Å²) in [6.45, 7) is 1.65. The summed E-state index contributed by atoms with van der Waals surface area (Å²) in [5.74, 6) is 0. The number of rotatable bonds is 1. The van der Waals surface area contributed by atoms with Crippen molar-refractivity contribution >= 4 is 23.2 Å². The van der Waals surface area contributed by atoms with Crippen LogP contribution in [0, 0.1) is 0 Å². The van der Waals surface area contributed by atoms with Crippen LogP contribution in [-0.2, 0) is 0 Å². The average molecular weight is 191 g/mol. The molecule has 1 aromatic rings. The van der Waals surface area contributed by atoms with Crippen molar-refractivity contribution in [3.8, 4) is 0 Å². The molecule has 11 heavy (non-hydrogen) atoms. The van der Waals surface area contributed by atoms with E-state index in [-0.39, 0.29) is 0 Å². The van der Waals surface area contributed by atoms with Crippen LogP contribution in [0.15, 0.2) is 18.2 Å². The Morgan fingerprint density at radius 1 is 1.36 bits per heavy atom. The van der Waals surface area contributed by atoms with Crippen LogP contribution in [0.3, 0.4) is 0 Å². The standard InChI is InChI=1S/C8H8Cl2O/c1-5(11)6-3-2-4-7(9)8(6)10/h2-5,11H,1H3/t5-/m1/s1. The molecule has 1 nitrogen and oxygen atoms in total. The second kappa shape index (κ2) is 3.44. The van der Waals surface area contributed by atoms with Gasteiger partial charge in [0.05, 0.1) is 16.1 Å². The maximum atomic E-state index is 9.19. The van der Waals surface area contributed by atoms with E-state index in [1.807, 2.05) is 0 Å². The number of benzene rings is 1. The van der Waals surface area contributed by atoms with Crippen LogP contribution in [-0.4, -0.2) is 5.11 Å². The van der Waals surface area contributed by atoms with E-state index in [2.05, 4.69) is 0 Å². The van der Waals surface area contributed by atoms with Gasteiger partial charge in [-0.15, -0.1) is 0 Å². The predicted molar refractivity (Wildman–Crippen MR) is 47.1 cm³/mol. The van der Waals surface area contributed by atoms with Crippen molar-refractivity contribution in [2.24, 2.45) is 0 Å². The van der Waals surface area contributed by atoms with Crippen LogP contribution < -0.4 is 0 Å². The van der Waals surface area contributed by atoms with Gasteiger partial charge in [0.15, 0.2) is 0 Å². The highest BCUT2D eigenvalue weighted by Crippen LogP contribution is 2.29. The number of halogens is 2. The molecule has 60 valence electrons. The second-order valence-corrected chi connectivity index (χ2v) is 3.10. The van der Waals surface area contributed by atoms with Crippen molar-refractivity contribution < 1.29 is 5.11 Å². The van der Waals surface area contributed by atoms with E-state index in [0.717, 1.165) is 0 Å². The Morgan fingerprint density at radius 2 is 2.00 bits per heavy atom. The molecule has 0 saturated carbocycles. The molecule has 0 radical (unpaired) electrons. The summed E-state index contributed by atoms with van der Waals surface area (Å²) in [6.07, 6.45) is -0.568. The quantitative estimate of drug-likeness (QED) is 0.723. The van der Waals surface area contributed by atoms with Crippen molar-refractivity contribution in [2.75, 3.05) is 0 Å². The van der Waals surface area contributed by atoms with Gasteiger partial charge in [0.2, 0.25) is 0 Å². The van der Waals surface area contributed by atoms with Crippen molar-refractivity contribution in [1.82, 2.24) is 0 Å². The van der Waals surface area contributed by atoms with Crippen LogP contribution >= 0.6 is 23.2 Å². The lowest BCUT2D eigenvalue weighted by atomic mass is 10.1. The summed E-state index contributed by atoms with van der Waals surface area (Å²) < 4.78 is 0. The Kier molecular flexibility index (Phi) is 2.77. The maximum absolute atomic E-state index is 9.19. The van der Waals surface area contributed by atoms with Crippen LogP contribution in [0.5, 0.6) is 0 Å². The summed E-state index contributed by atoms with van der Waals surface area (Å²) in [4.78, 5) is 0. The first kappa shape index (κ1) is 8.85. The zero-order valence-electron chi connectivity index (χ0n) is 6.01. The topological polar surface area (TPSA) is 20.2 Å². The lowest BCUT2D eigenvalue weighted by Crippen LogP contribution is -1.91. The largest absolute Gasteiger partial charge is 0.389 e. The summed E-state index contributed by atoms with van der Waals surface area (Å²) in [7, 11) is 0. The zero-order valence-corrected chi connectivity index (χ0v) is 7.52. The molecule has 0 aliphatic heterocycles. The molecule has 0 heterocycles. The van der Waals surface area contributed by atoms with Gasteiger partial charge in [-0.05, 0) is 13.0 Å². The van der Waals surface area contributed by atoms with E-state index in [4.69, 9.17) is 23.2 Å². The molecule has 0 fully saturated rings. The molecule has 0 aliphatic carbocycles. The molecule has 0 spiro atoms. The highest BCUT2D eigenvalue weighted by atomic mass is 35.5. The predicted octanol–water partition coefficient (Wildman–Crippen LogP) is 3.05. The van der Waals surface area contributed by atoms with E-state index in [0.29, 0.717) is 15.6 Å². The minimum atomic E-state index is -0.568. The van der Waals surface area contributed by atoms with Crippen LogP contribution in [0.25, 0.3) is 0 Å². The van der Waals surface area contributed by atoms with Gasteiger partial charge in [-0.2, -0.15) is 0 Å². The van der Waals surface area contributed by atoms with Crippen molar-refractivity contribution in [3.05, 3.63) is 33.8 Å². The molecule has 0 unspecified atom stereocenters. The van der Waals surface area contributed by atoms with Gasteiger partial charge in [-0.1, -0.05) is 35.3 Å². The van der Waals surface area contributed by atoms with Gasteiger partial charge in [0.1, 0.15) is 0 Å². The molecule has 1 N–H and O–H groups in total. The molecule has 1 rings (SSSR count). The fraction of sp³-hybridized carbons (Fsp3) is 0.250. The lowest BCUT2D eigenvalue weighted by Gasteiger charge is -2.07. The first-order valence-corrected chi connectivity index (χ1v) is 4.00. The monoisotopic (exact) mass is 190 g/mol. The third kappa shape index (κ3) is 1.86. The average Bonchev–Trinajstić information content (AvgIpc) is 1.94. The molecule has 1 atom stereocenters. The van der Waals surface area contributed by atoms with E-state index in [1.165, 1.54) is 0 Å². The highest BCUT2D eigenvalue weighted by molar-refractivity contribution is 6.42. The van der Waals surface area contributed by atoms with Gasteiger partial charge in [-0.3, -0.25) is 0 Å². The van der Waals surface area contributed by atoms with Gasteiger partial charge < -0.3 is 5.11 Å². The van der Waals surface area contributed by atoms with Crippen LogP contribution in [0.2, 0.25) is 10.0 Å². The Bertz CT molecular complexity index is 258. The smallest absolute Gasteiger partial charge is 0.0776 e. The van der Waals surface area contributed by atoms with Crippen molar-refractivity contribution in [3.63, 3.8) is 0 Å². The fourth-order valence-corrected chi connectivity index (χ4v) is 1.31. The Labute approximate surface area is 75.6 Å². The fourth-order valence-electron chi connectivity index (χ4n) is 0.843. The molecule has 0 amide bonds. The van der Waals surface area contributed by atoms with Crippen molar-refractivity contribution in [2.45, 2.75) is 13.0 Å². The molecule has 0 aliphatic rings. The normalized spacial score (nSPS) is 13.1. The molecular weight excluding hydrogens is 183 g/mol. The number of aliphatic hydroxyl groups is 1. The zero-order chi connectivity index (χ0) is 8.43. The Hall–Kier alpha value is -0.240. The second-order valence-electron chi connectivity index (χ2n) is 2.32. The number of hydrogen-bond acceptors (Lipinski definition) is 1. The van der Waals surface area contributed by atoms with E-state index < -0.39 is 6.10 Å². The summed E-state index contributed by atoms with van der Waals surface area (Å²) in [5.41, 5.74) is 0.666. The SMILES string of the molecule is C[C@@H](O)c1cccc(Cl)c1Cl. The van der Waals surface area contributed by atoms with Crippen LogP contribution in [0.4, 0.5) is 0 Å². The first-order valence-electron chi connectivity index (χ1n) is 3.25. The highest BCUT2D eigenvalue weighted by Gasteiger charge is 2.07. The molecule has 0 bridgehead atoms. The summed E-state index contributed by atoms with van der Waals surface area (Å²) in [6, 6.07) is 5.20. The van der Waals surface area contributed by atoms with Crippen molar-refractivity contribution in [1.29, 1.82) is 0 Å². The van der Waals surface area contributed by atoms with E-state index in [1.54, 1.807) is 25.1 Å². The van der Waals surface area contributed by atoms with Gasteiger partial charge >= 0.3 is 0 Å². The van der Waals surface area contributed by atoms with Gasteiger partial charge in [0, 0.05) is 5.56 Å². The first-order chi connectivity index (χ1) is 5.13. The molecule has 1 aromatic carbocycles. The Morgan fingerprint density at radius 3 is 2.45 bits per heavy atom. The van der Waals surface area contributed by atoms with Crippen LogP contribution in [0.1, 0.15) is 18.6 Å². The van der Waals surface area contributed by atoms with Gasteiger partial charge in [-0.25, -0.2) is 0 Å². The molecule has 0 saturated heterocycles. The van der Waals surface area contributed by atoms with Gasteiger partial charge in [0.25, 0.3) is 0 Å². The lowest BCUT2D eigenvalue weighted by molar-refractivity contribution is 0.199. The molecule has 0 aromatic heterocycles. The summed E-state index contributed by atoms with van der Waals surface area (Å²) >= 11 is 11.5. The summed E-state index contributed by atoms with van der Waals surface area (Å²) in [5, 5.41) is 10.1.